The Hall–Kier alpha value is -1.83. The molecular formula is C23H34IN5. The molecule has 2 aromatic rings. The van der Waals surface area contributed by atoms with E-state index in [0.717, 1.165) is 38.0 Å². The van der Waals surface area contributed by atoms with Gasteiger partial charge in [-0.3, -0.25) is 4.99 Å². The molecule has 0 saturated carbocycles. The summed E-state index contributed by atoms with van der Waals surface area (Å²) in [4.78, 5) is 11.3. The summed E-state index contributed by atoms with van der Waals surface area (Å²) >= 11 is 0. The first-order valence-electron chi connectivity index (χ1n) is 10.4. The summed E-state index contributed by atoms with van der Waals surface area (Å²) in [5, 5.41) is 6.87. The first-order valence-corrected chi connectivity index (χ1v) is 10.4. The minimum absolute atomic E-state index is 0. The Bertz CT molecular complexity index is 786. The molecule has 29 heavy (non-hydrogen) atoms. The van der Waals surface area contributed by atoms with Gasteiger partial charge in [0.05, 0.1) is 0 Å². The number of aromatic nitrogens is 1. The number of nitrogens with zero attached hydrogens (tertiary/aromatic N) is 3. The molecule has 158 valence electrons. The summed E-state index contributed by atoms with van der Waals surface area (Å²) in [5.41, 5.74) is 3.88. The van der Waals surface area contributed by atoms with Gasteiger partial charge in [-0.2, -0.15) is 0 Å². The van der Waals surface area contributed by atoms with Crippen LogP contribution in [0.4, 0.5) is 5.82 Å². The van der Waals surface area contributed by atoms with E-state index in [1.54, 1.807) is 0 Å². The standard InChI is InChI=1S/C23H33N5.HI/c1-18-8-7-9-21(14-18)19(2)16-26-23(24-3)27-17-20-10-11-25-22(15-20)28-12-5-4-6-13-28;/h7-11,14-15,19H,4-6,12-13,16-17H2,1-3H3,(H2,24,26,27);1H. The highest BCUT2D eigenvalue weighted by Crippen LogP contribution is 2.18. The van der Waals surface area contributed by atoms with Crippen LogP contribution in [0.15, 0.2) is 47.6 Å². The number of anilines is 1. The lowest BCUT2D eigenvalue weighted by Crippen LogP contribution is -2.38. The number of aliphatic imine (C=N–C) groups is 1. The van der Waals surface area contributed by atoms with Crippen molar-refractivity contribution in [3.05, 3.63) is 59.3 Å². The molecule has 3 rings (SSSR count). The van der Waals surface area contributed by atoms with E-state index in [-0.39, 0.29) is 24.0 Å². The summed E-state index contributed by atoms with van der Waals surface area (Å²) in [5.74, 6) is 2.34. The molecule has 1 saturated heterocycles. The number of guanidine groups is 1. The smallest absolute Gasteiger partial charge is 0.191 e. The van der Waals surface area contributed by atoms with Crippen molar-refractivity contribution in [1.29, 1.82) is 0 Å². The van der Waals surface area contributed by atoms with Gasteiger partial charge >= 0.3 is 0 Å². The van der Waals surface area contributed by atoms with Crippen molar-refractivity contribution in [3.63, 3.8) is 0 Å². The number of piperidine rings is 1. The van der Waals surface area contributed by atoms with E-state index in [9.17, 15) is 0 Å². The fraction of sp³-hybridized carbons (Fsp3) is 0.478. The summed E-state index contributed by atoms with van der Waals surface area (Å²) in [6.07, 6.45) is 5.78. The second-order valence-corrected chi connectivity index (χ2v) is 7.69. The van der Waals surface area contributed by atoms with Gasteiger partial charge in [-0.1, -0.05) is 36.8 Å². The number of aryl methyl sites for hydroxylation is 1. The SMILES string of the molecule is CN=C(NCc1ccnc(N2CCCCC2)c1)NCC(C)c1cccc(C)c1.I. The van der Waals surface area contributed by atoms with Crippen LogP contribution in [0.5, 0.6) is 0 Å². The Morgan fingerprint density at radius 2 is 1.93 bits per heavy atom. The third kappa shape index (κ3) is 7.17. The lowest BCUT2D eigenvalue weighted by Gasteiger charge is -2.28. The third-order valence-electron chi connectivity index (χ3n) is 5.36. The van der Waals surface area contributed by atoms with Crippen LogP contribution in [0, 0.1) is 6.92 Å². The topological polar surface area (TPSA) is 52.6 Å². The van der Waals surface area contributed by atoms with Gasteiger partial charge in [0.2, 0.25) is 0 Å². The molecule has 1 aliphatic rings. The van der Waals surface area contributed by atoms with E-state index in [4.69, 9.17) is 0 Å². The predicted molar refractivity (Wildman–Crippen MR) is 134 cm³/mol. The van der Waals surface area contributed by atoms with Crippen LogP contribution in [-0.2, 0) is 6.54 Å². The molecular weight excluding hydrogens is 473 g/mol. The van der Waals surface area contributed by atoms with E-state index >= 15 is 0 Å². The van der Waals surface area contributed by atoms with Gasteiger partial charge in [-0.15, -0.1) is 24.0 Å². The first kappa shape index (κ1) is 23.4. The normalized spacial score (nSPS) is 15.4. The second kappa shape index (κ2) is 12.0. The van der Waals surface area contributed by atoms with Crippen molar-refractivity contribution in [2.75, 3.05) is 31.6 Å². The monoisotopic (exact) mass is 507 g/mol. The Labute approximate surface area is 192 Å². The molecule has 2 heterocycles. The van der Waals surface area contributed by atoms with Crippen LogP contribution in [0.3, 0.4) is 0 Å². The Morgan fingerprint density at radius 3 is 2.66 bits per heavy atom. The van der Waals surface area contributed by atoms with Crippen LogP contribution in [-0.4, -0.2) is 37.6 Å². The van der Waals surface area contributed by atoms with E-state index in [1.807, 2.05) is 13.2 Å². The molecule has 0 amide bonds. The number of hydrogen-bond acceptors (Lipinski definition) is 3. The second-order valence-electron chi connectivity index (χ2n) is 7.69. The summed E-state index contributed by atoms with van der Waals surface area (Å²) in [6.45, 7) is 8.19. The number of rotatable bonds is 6. The maximum absolute atomic E-state index is 4.56. The maximum atomic E-state index is 4.56. The third-order valence-corrected chi connectivity index (χ3v) is 5.36. The molecule has 2 N–H and O–H groups in total. The molecule has 0 radical (unpaired) electrons. The van der Waals surface area contributed by atoms with E-state index in [0.29, 0.717) is 5.92 Å². The van der Waals surface area contributed by atoms with Crippen molar-refractivity contribution < 1.29 is 0 Å². The number of hydrogen-bond donors (Lipinski definition) is 2. The molecule has 1 aromatic carbocycles. The van der Waals surface area contributed by atoms with Crippen molar-refractivity contribution in [2.24, 2.45) is 4.99 Å². The summed E-state index contributed by atoms with van der Waals surface area (Å²) in [7, 11) is 1.82. The van der Waals surface area contributed by atoms with Gasteiger partial charge in [-0.25, -0.2) is 4.98 Å². The largest absolute Gasteiger partial charge is 0.357 e. The van der Waals surface area contributed by atoms with Crippen LogP contribution in [0.2, 0.25) is 0 Å². The van der Waals surface area contributed by atoms with Gasteiger partial charge in [0.1, 0.15) is 5.82 Å². The number of halogens is 1. The Balaban J connectivity index is 0.00000300. The highest BCUT2D eigenvalue weighted by Gasteiger charge is 2.12. The average molecular weight is 507 g/mol. The maximum Gasteiger partial charge on any atom is 0.191 e. The van der Waals surface area contributed by atoms with Crippen LogP contribution < -0.4 is 15.5 Å². The van der Waals surface area contributed by atoms with Gasteiger partial charge in [0.15, 0.2) is 5.96 Å². The summed E-state index contributed by atoms with van der Waals surface area (Å²) < 4.78 is 0. The molecule has 0 spiro atoms. The molecule has 1 aromatic heterocycles. The predicted octanol–water partition coefficient (Wildman–Crippen LogP) is 4.47. The van der Waals surface area contributed by atoms with Crippen LogP contribution >= 0.6 is 24.0 Å². The zero-order valence-electron chi connectivity index (χ0n) is 17.8. The fourth-order valence-electron chi connectivity index (χ4n) is 3.62. The van der Waals surface area contributed by atoms with E-state index in [1.165, 1.54) is 36.0 Å². The van der Waals surface area contributed by atoms with Gasteiger partial charge < -0.3 is 15.5 Å². The van der Waals surface area contributed by atoms with E-state index in [2.05, 4.69) is 75.8 Å². The van der Waals surface area contributed by atoms with Gasteiger partial charge in [0.25, 0.3) is 0 Å². The lowest BCUT2D eigenvalue weighted by atomic mass is 9.99. The number of nitrogens with one attached hydrogen (secondary N) is 2. The highest BCUT2D eigenvalue weighted by atomic mass is 127. The van der Waals surface area contributed by atoms with Crippen LogP contribution in [0.1, 0.15) is 48.8 Å². The van der Waals surface area contributed by atoms with E-state index < -0.39 is 0 Å². The van der Waals surface area contributed by atoms with Crippen molar-refractivity contribution in [1.82, 2.24) is 15.6 Å². The molecule has 1 fully saturated rings. The molecule has 0 bridgehead atoms. The molecule has 0 aliphatic carbocycles. The zero-order valence-corrected chi connectivity index (χ0v) is 20.1. The molecule has 5 nitrogen and oxygen atoms in total. The zero-order chi connectivity index (χ0) is 19.8. The van der Waals surface area contributed by atoms with Crippen molar-refractivity contribution >= 4 is 35.8 Å². The number of benzene rings is 1. The molecule has 1 atom stereocenters. The van der Waals surface area contributed by atoms with Gasteiger partial charge in [-0.05, 0) is 55.4 Å². The quantitative estimate of drug-likeness (QED) is 0.344. The fourth-order valence-corrected chi connectivity index (χ4v) is 3.62. The highest BCUT2D eigenvalue weighted by molar-refractivity contribution is 14.0. The van der Waals surface area contributed by atoms with Crippen LogP contribution in [0.25, 0.3) is 0 Å². The lowest BCUT2D eigenvalue weighted by molar-refractivity contribution is 0.573. The average Bonchev–Trinajstić information content (AvgIpc) is 2.74. The first-order chi connectivity index (χ1) is 13.7. The minimum Gasteiger partial charge on any atom is -0.357 e. The van der Waals surface area contributed by atoms with Crippen molar-refractivity contribution in [3.8, 4) is 0 Å². The minimum atomic E-state index is 0. The number of pyridine rings is 1. The molecule has 6 heteroatoms. The van der Waals surface area contributed by atoms with Gasteiger partial charge in [0, 0.05) is 39.4 Å². The summed E-state index contributed by atoms with van der Waals surface area (Å²) in [6, 6.07) is 13.0. The molecule has 1 unspecified atom stereocenters. The Morgan fingerprint density at radius 1 is 1.14 bits per heavy atom. The van der Waals surface area contributed by atoms with Crippen molar-refractivity contribution in [2.45, 2.75) is 45.6 Å². The Kier molecular flexibility index (Phi) is 9.70. The molecule has 1 aliphatic heterocycles.